The minimum atomic E-state index is -1.38. The van der Waals surface area contributed by atoms with Gasteiger partial charge in [-0.05, 0) is 32.2 Å². The van der Waals surface area contributed by atoms with Crippen molar-refractivity contribution in [2.24, 2.45) is 0 Å². The molecule has 94 valence electrons. The third kappa shape index (κ3) is 1.26. The molecule has 1 saturated carbocycles. The smallest absolute Gasteiger partial charge is 0.164 e. The summed E-state index contributed by atoms with van der Waals surface area (Å²) in [5, 5.41) is 23.1. The van der Waals surface area contributed by atoms with Crippen LogP contribution >= 0.6 is 11.3 Å². The monoisotopic (exact) mass is 256 g/mol. The molecule has 0 radical (unpaired) electrons. The molecule has 0 bridgehead atoms. The van der Waals surface area contributed by atoms with E-state index >= 15 is 0 Å². The van der Waals surface area contributed by atoms with Gasteiger partial charge in [0, 0.05) is 4.88 Å². The summed E-state index contributed by atoms with van der Waals surface area (Å²) in [6.07, 6.45) is -0.990. The third-order valence-corrected chi connectivity index (χ3v) is 4.73. The van der Waals surface area contributed by atoms with Crippen LogP contribution in [0.15, 0.2) is 17.5 Å². The van der Waals surface area contributed by atoms with Crippen LogP contribution in [0, 0.1) is 0 Å². The van der Waals surface area contributed by atoms with Gasteiger partial charge in [-0.25, -0.2) is 0 Å². The van der Waals surface area contributed by atoms with Gasteiger partial charge >= 0.3 is 0 Å². The van der Waals surface area contributed by atoms with E-state index in [1.807, 2.05) is 17.5 Å². The van der Waals surface area contributed by atoms with Crippen molar-refractivity contribution >= 4 is 11.3 Å². The number of ether oxygens (including phenoxy) is 2. The molecular weight excluding hydrogens is 240 g/mol. The number of rotatable bonds is 1. The van der Waals surface area contributed by atoms with Gasteiger partial charge in [-0.15, -0.1) is 11.3 Å². The predicted octanol–water partition coefficient (Wildman–Crippen LogP) is 1.22. The minimum absolute atomic E-state index is 0.482. The second-order valence-electron chi connectivity index (χ2n) is 5.37. The maximum absolute atomic E-state index is 10.8. The maximum atomic E-state index is 10.8. The van der Waals surface area contributed by atoms with E-state index in [2.05, 4.69) is 0 Å². The first-order valence-corrected chi connectivity index (χ1v) is 6.51. The van der Waals surface area contributed by atoms with Crippen molar-refractivity contribution in [3.63, 3.8) is 0 Å². The van der Waals surface area contributed by atoms with Gasteiger partial charge in [-0.3, -0.25) is 0 Å². The Balaban J connectivity index is 2.02. The molecule has 4 nitrogen and oxygen atoms in total. The molecule has 1 aromatic rings. The Labute approximate surface area is 104 Å². The zero-order chi connectivity index (χ0) is 12.5. The van der Waals surface area contributed by atoms with Gasteiger partial charge in [-0.1, -0.05) is 6.07 Å². The van der Waals surface area contributed by atoms with Gasteiger partial charge in [0.2, 0.25) is 0 Å². The number of thiophene rings is 1. The molecule has 0 aromatic carbocycles. The Morgan fingerprint density at radius 2 is 1.82 bits per heavy atom. The van der Waals surface area contributed by atoms with E-state index in [1.165, 1.54) is 11.3 Å². The van der Waals surface area contributed by atoms with Gasteiger partial charge in [0.1, 0.15) is 17.8 Å². The average molecular weight is 256 g/mol. The summed E-state index contributed by atoms with van der Waals surface area (Å²) in [6.45, 7) is 5.17. The van der Waals surface area contributed by atoms with Crippen molar-refractivity contribution < 1.29 is 19.7 Å². The van der Waals surface area contributed by atoms with E-state index in [4.69, 9.17) is 9.47 Å². The molecule has 5 heteroatoms. The van der Waals surface area contributed by atoms with Crippen molar-refractivity contribution in [3.8, 4) is 0 Å². The molecular formula is C12H16O4S. The normalized spacial score (nSPS) is 47.6. The molecule has 0 unspecified atom stereocenters. The van der Waals surface area contributed by atoms with Gasteiger partial charge < -0.3 is 19.7 Å². The summed E-state index contributed by atoms with van der Waals surface area (Å²) >= 11 is 1.41. The summed E-state index contributed by atoms with van der Waals surface area (Å²) in [5.41, 5.74) is -2.70. The molecule has 3 rings (SSSR count). The molecule has 1 aliphatic carbocycles. The summed E-state index contributed by atoms with van der Waals surface area (Å²) in [4.78, 5) is 0.713. The van der Waals surface area contributed by atoms with Gasteiger partial charge in [-0.2, -0.15) is 0 Å². The molecule has 2 fully saturated rings. The zero-order valence-corrected chi connectivity index (χ0v) is 10.8. The van der Waals surface area contributed by atoms with Crippen molar-refractivity contribution in [1.29, 1.82) is 0 Å². The quantitative estimate of drug-likeness (QED) is 0.793. The summed E-state index contributed by atoms with van der Waals surface area (Å²) in [6, 6.07) is 3.66. The van der Waals surface area contributed by atoms with Crippen LogP contribution in [0.3, 0.4) is 0 Å². The lowest BCUT2D eigenvalue weighted by atomic mass is 9.61. The van der Waals surface area contributed by atoms with Gasteiger partial charge in [0.15, 0.2) is 11.4 Å². The van der Waals surface area contributed by atoms with Crippen LogP contribution in [-0.2, 0) is 15.1 Å². The van der Waals surface area contributed by atoms with E-state index in [-0.39, 0.29) is 0 Å². The molecule has 4 atom stereocenters. The first-order valence-electron chi connectivity index (χ1n) is 5.63. The largest absolute Gasteiger partial charge is 0.384 e. The lowest BCUT2D eigenvalue weighted by molar-refractivity contribution is -0.306. The predicted molar refractivity (Wildman–Crippen MR) is 62.7 cm³/mol. The fraction of sp³-hybridized carbons (Fsp3) is 0.667. The van der Waals surface area contributed by atoms with Crippen LogP contribution < -0.4 is 0 Å². The Hall–Kier alpha value is -0.460. The molecule has 0 spiro atoms. The standard InChI is InChI=1S/C12H16O4S/c1-10(2)15-8-9(16-10)12(14,11(8,3)13)7-5-4-6-17-7/h4-6,8-9,13-14H,1-3H3/t8-,9+,11+,12-/m0/s1. The SMILES string of the molecule is CC1(C)O[C@@H]2[C@H](O1)[C@@](C)(O)[C@]2(O)c1cccs1. The van der Waals surface area contributed by atoms with Crippen LogP contribution in [0.4, 0.5) is 0 Å². The molecule has 2 aliphatic rings. The van der Waals surface area contributed by atoms with Crippen molar-refractivity contribution in [2.75, 3.05) is 0 Å². The third-order valence-electron chi connectivity index (χ3n) is 3.73. The number of hydrogen-bond donors (Lipinski definition) is 2. The highest BCUT2D eigenvalue weighted by Gasteiger charge is 2.76. The van der Waals surface area contributed by atoms with Crippen LogP contribution in [0.2, 0.25) is 0 Å². The van der Waals surface area contributed by atoms with Crippen LogP contribution in [0.25, 0.3) is 0 Å². The summed E-state index contributed by atoms with van der Waals surface area (Å²) in [7, 11) is 0. The molecule has 1 aromatic heterocycles. The Morgan fingerprint density at radius 3 is 2.41 bits per heavy atom. The van der Waals surface area contributed by atoms with E-state index in [0.29, 0.717) is 4.88 Å². The van der Waals surface area contributed by atoms with Crippen LogP contribution in [0.1, 0.15) is 25.6 Å². The molecule has 17 heavy (non-hydrogen) atoms. The fourth-order valence-electron chi connectivity index (χ4n) is 2.77. The van der Waals surface area contributed by atoms with E-state index < -0.39 is 29.2 Å². The first kappa shape index (κ1) is 11.6. The molecule has 2 N–H and O–H groups in total. The van der Waals surface area contributed by atoms with Crippen molar-refractivity contribution in [3.05, 3.63) is 22.4 Å². The van der Waals surface area contributed by atoms with Crippen LogP contribution in [0.5, 0.6) is 0 Å². The van der Waals surface area contributed by atoms with Crippen molar-refractivity contribution in [2.45, 2.75) is 50.0 Å². The Bertz CT molecular complexity index is 439. The maximum Gasteiger partial charge on any atom is 0.164 e. The second-order valence-corrected chi connectivity index (χ2v) is 6.32. The highest BCUT2D eigenvalue weighted by atomic mass is 32.1. The average Bonchev–Trinajstić information content (AvgIpc) is 2.83. The van der Waals surface area contributed by atoms with E-state index in [9.17, 15) is 10.2 Å². The fourth-order valence-corrected chi connectivity index (χ4v) is 3.73. The van der Waals surface area contributed by atoms with E-state index in [1.54, 1.807) is 20.8 Å². The lowest BCUT2D eigenvalue weighted by Crippen LogP contribution is -2.77. The highest BCUT2D eigenvalue weighted by molar-refractivity contribution is 7.10. The molecule has 0 amide bonds. The van der Waals surface area contributed by atoms with Gasteiger partial charge in [0.25, 0.3) is 0 Å². The summed E-state index contributed by atoms with van der Waals surface area (Å²) < 4.78 is 11.3. The summed E-state index contributed by atoms with van der Waals surface area (Å²) in [5.74, 6) is -0.763. The lowest BCUT2D eigenvalue weighted by Gasteiger charge is -2.56. The van der Waals surface area contributed by atoms with E-state index in [0.717, 1.165) is 0 Å². The van der Waals surface area contributed by atoms with Gasteiger partial charge in [0.05, 0.1) is 0 Å². The zero-order valence-electron chi connectivity index (χ0n) is 10.0. The molecule has 1 saturated heterocycles. The Kier molecular flexibility index (Phi) is 2.12. The topological polar surface area (TPSA) is 58.9 Å². The number of fused-ring (bicyclic) bond motifs is 1. The molecule has 2 heterocycles. The molecule has 1 aliphatic heterocycles. The van der Waals surface area contributed by atoms with Crippen LogP contribution in [-0.4, -0.2) is 33.8 Å². The Morgan fingerprint density at radius 1 is 1.18 bits per heavy atom. The number of hydrogen-bond acceptors (Lipinski definition) is 5. The highest BCUT2D eigenvalue weighted by Crippen LogP contribution is 2.58. The second kappa shape index (κ2) is 3.10. The first-order chi connectivity index (χ1) is 7.79. The minimum Gasteiger partial charge on any atom is -0.384 e. The van der Waals surface area contributed by atoms with Crippen molar-refractivity contribution in [1.82, 2.24) is 0 Å². The number of aliphatic hydroxyl groups is 2.